The fraction of sp³-hybridized carbons (Fsp3) is 0.211. The smallest absolute Gasteiger partial charge is 0.339 e. The topological polar surface area (TPSA) is 101 Å². The summed E-state index contributed by atoms with van der Waals surface area (Å²) in [7, 11) is 0. The molecule has 0 bridgehead atoms. The zero-order valence-electron chi connectivity index (χ0n) is 14.8. The van der Waals surface area contributed by atoms with Crippen molar-refractivity contribution in [1.29, 1.82) is 0 Å². The normalized spacial score (nSPS) is 10.8. The first kappa shape index (κ1) is 17.5. The lowest BCUT2D eigenvalue weighted by Gasteiger charge is -2.15. The second kappa shape index (κ2) is 7.26. The zero-order valence-corrected chi connectivity index (χ0v) is 14.8. The number of hydrogen-bond donors (Lipinski definition) is 2. The molecule has 3 rings (SSSR count). The van der Waals surface area contributed by atoms with Crippen molar-refractivity contribution in [2.45, 2.75) is 26.7 Å². The van der Waals surface area contributed by atoms with E-state index >= 15 is 0 Å². The molecule has 0 spiro atoms. The van der Waals surface area contributed by atoms with Crippen molar-refractivity contribution < 1.29 is 9.90 Å². The van der Waals surface area contributed by atoms with Crippen LogP contribution in [0.4, 0.5) is 11.5 Å². The Morgan fingerprint density at radius 2 is 1.96 bits per heavy atom. The molecule has 0 aromatic carbocycles. The number of carbonyl (C=O) groups is 1. The number of aryl methyl sites for hydroxylation is 1. The van der Waals surface area contributed by atoms with Gasteiger partial charge in [-0.2, -0.15) is 0 Å². The molecule has 0 aliphatic heterocycles. The van der Waals surface area contributed by atoms with Crippen molar-refractivity contribution in [3.05, 3.63) is 59.7 Å². The van der Waals surface area contributed by atoms with Gasteiger partial charge in [-0.3, -0.25) is 4.98 Å². The predicted octanol–water partition coefficient (Wildman–Crippen LogP) is 3.81. The minimum atomic E-state index is -1.05. The molecule has 0 fully saturated rings. The van der Waals surface area contributed by atoms with E-state index in [-0.39, 0.29) is 11.5 Å². The largest absolute Gasteiger partial charge is 0.478 e. The third-order valence-electron chi connectivity index (χ3n) is 3.86. The van der Waals surface area contributed by atoms with Gasteiger partial charge in [0, 0.05) is 29.8 Å². The zero-order chi connectivity index (χ0) is 18.7. The summed E-state index contributed by atoms with van der Waals surface area (Å²) < 4.78 is 0. The van der Waals surface area contributed by atoms with Gasteiger partial charge in [0.25, 0.3) is 0 Å². The Hall–Kier alpha value is -3.35. The molecule has 0 saturated heterocycles. The highest BCUT2D eigenvalue weighted by molar-refractivity contribution is 5.94. The van der Waals surface area contributed by atoms with Crippen LogP contribution in [0, 0.1) is 6.92 Å². The van der Waals surface area contributed by atoms with E-state index < -0.39 is 5.97 Å². The quantitative estimate of drug-likeness (QED) is 0.722. The van der Waals surface area contributed by atoms with E-state index in [9.17, 15) is 9.90 Å². The number of pyridine rings is 2. The number of nitrogens with one attached hydrogen (secondary N) is 1. The number of carboxylic acids is 1. The van der Waals surface area contributed by atoms with Crippen molar-refractivity contribution in [2.24, 2.45) is 0 Å². The van der Waals surface area contributed by atoms with Crippen LogP contribution in [-0.2, 0) is 0 Å². The summed E-state index contributed by atoms with van der Waals surface area (Å²) in [5.41, 5.74) is 2.93. The second-order valence-corrected chi connectivity index (χ2v) is 6.17. The molecular weight excluding hydrogens is 330 g/mol. The van der Waals surface area contributed by atoms with E-state index in [1.165, 1.54) is 12.4 Å². The van der Waals surface area contributed by atoms with Crippen LogP contribution < -0.4 is 5.32 Å². The summed E-state index contributed by atoms with van der Waals surface area (Å²) in [4.78, 5) is 28.8. The van der Waals surface area contributed by atoms with E-state index in [0.29, 0.717) is 23.0 Å². The highest BCUT2D eigenvalue weighted by atomic mass is 16.4. The fourth-order valence-electron chi connectivity index (χ4n) is 2.51. The summed E-state index contributed by atoms with van der Waals surface area (Å²) in [6.45, 7) is 5.96. The minimum Gasteiger partial charge on any atom is -0.478 e. The lowest BCUT2D eigenvalue weighted by molar-refractivity contribution is 0.0697. The van der Waals surface area contributed by atoms with Gasteiger partial charge in [0.2, 0.25) is 0 Å². The molecule has 26 heavy (non-hydrogen) atoms. The maximum Gasteiger partial charge on any atom is 0.339 e. The molecule has 3 aromatic rings. The minimum absolute atomic E-state index is 0.0797. The van der Waals surface area contributed by atoms with Crippen LogP contribution in [0.3, 0.4) is 0 Å². The average molecular weight is 349 g/mol. The van der Waals surface area contributed by atoms with Crippen LogP contribution in [0.15, 0.2) is 42.9 Å². The van der Waals surface area contributed by atoms with Gasteiger partial charge in [0.1, 0.15) is 17.1 Å². The van der Waals surface area contributed by atoms with Gasteiger partial charge in [-0.25, -0.2) is 19.7 Å². The Labute approximate surface area is 151 Å². The molecule has 0 aliphatic rings. The number of aromatic nitrogens is 4. The first-order valence-corrected chi connectivity index (χ1v) is 8.21. The predicted molar refractivity (Wildman–Crippen MR) is 98.6 cm³/mol. The molecule has 3 aromatic heterocycles. The van der Waals surface area contributed by atoms with Gasteiger partial charge in [0.05, 0.1) is 5.69 Å². The lowest BCUT2D eigenvalue weighted by atomic mass is 10.1. The van der Waals surface area contributed by atoms with Crippen molar-refractivity contribution in [3.8, 4) is 11.5 Å². The Morgan fingerprint density at radius 1 is 1.15 bits per heavy atom. The standard InChI is InChI=1S/C19H19N5O2/c1-11(2)13-10-21-18(16-6-4-5-12(3)22-16)24-17(13)23-15-7-8-20-9-14(15)19(25)26/h4-11H,1-3H3,(H,25,26)(H,20,21,23,24). The SMILES string of the molecule is Cc1cccc(-c2ncc(C(C)C)c(Nc3ccncc3C(=O)O)n2)n1. The van der Waals surface area contributed by atoms with Crippen LogP contribution in [0.5, 0.6) is 0 Å². The Morgan fingerprint density at radius 3 is 2.65 bits per heavy atom. The maximum absolute atomic E-state index is 11.4. The van der Waals surface area contributed by atoms with Crippen molar-refractivity contribution in [3.63, 3.8) is 0 Å². The number of aromatic carboxylic acids is 1. The Bertz CT molecular complexity index is 956. The van der Waals surface area contributed by atoms with Gasteiger partial charge < -0.3 is 10.4 Å². The van der Waals surface area contributed by atoms with Crippen LogP contribution >= 0.6 is 0 Å². The second-order valence-electron chi connectivity index (χ2n) is 6.17. The molecule has 132 valence electrons. The third-order valence-corrected chi connectivity index (χ3v) is 3.86. The highest BCUT2D eigenvalue weighted by Crippen LogP contribution is 2.28. The molecule has 0 atom stereocenters. The van der Waals surface area contributed by atoms with Gasteiger partial charge in [-0.15, -0.1) is 0 Å². The fourth-order valence-corrected chi connectivity index (χ4v) is 2.51. The molecule has 0 unspecified atom stereocenters. The van der Waals surface area contributed by atoms with Gasteiger partial charge in [-0.1, -0.05) is 19.9 Å². The van der Waals surface area contributed by atoms with Gasteiger partial charge >= 0.3 is 5.97 Å². The molecule has 7 heteroatoms. The van der Waals surface area contributed by atoms with E-state index in [0.717, 1.165) is 11.3 Å². The lowest BCUT2D eigenvalue weighted by Crippen LogP contribution is -2.08. The number of hydrogen-bond acceptors (Lipinski definition) is 6. The molecule has 0 amide bonds. The van der Waals surface area contributed by atoms with E-state index in [4.69, 9.17) is 0 Å². The van der Waals surface area contributed by atoms with Crippen LogP contribution in [0.1, 0.15) is 41.4 Å². The molecule has 0 radical (unpaired) electrons. The molecule has 0 aliphatic carbocycles. The monoisotopic (exact) mass is 349 g/mol. The summed E-state index contributed by atoms with van der Waals surface area (Å²) in [5.74, 6) is 0.141. The van der Waals surface area contributed by atoms with Crippen molar-refractivity contribution in [1.82, 2.24) is 19.9 Å². The average Bonchev–Trinajstić information content (AvgIpc) is 2.61. The Balaban J connectivity index is 2.07. The number of rotatable bonds is 5. The first-order valence-electron chi connectivity index (χ1n) is 8.21. The maximum atomic E-state index is 11.4. The molecule has 2 N–H and O–H groups in total. The highest BCUT2D eigenvalue weighted by Gasteiger charge is 2.16. The van der Waals surface area contributed by atoms with Crippen molar-refractivity contribution in [2.75, 3.05) is 5.32 Å². The third kappa shape index (κ3) is 3.66. The molecule has 7 nitrogen and oxygen atoms in total. The van der Waals surface area contributed by atoms with E-state index in [1.54, 1.807) is 12.3 Å². The summed E-state index contributed by atoms with van der Waals surface area (Å²) in [5, 5.41) is 12.5. The summed E-state index contributed by atoms with van der Waals surface area (Å²) in [6.07, 6.45) is 4.60. The van der Waals surface area contributed by atoms with E-state index in [2.05, 4.69) is 25.3 Å². The van der Waals surface area contributed by atoms with Gasteiger partial charge in [0.15, 0.2) is 5.82 Å². The van der Waals surface area contributed by atoms with E-state index in [1.807, 2.05) is 39.0 Å². The number of nitrogens with zero attached hydrogens (tertiary/aromatic N) is 4. The molecular formula is C19H19N5O2. The molecule has 3 heterocycles. The Kier molecular flexibility index (Phi) is 4.88. The van der Waals surface area contributed by atoms with Crippen LogP contribution in [0.25, 0.3) is 11.5 Å². The van der Waals surface area contributed by atoms with Crippen molar-refractivity contribution >= 4 is 17.5 Å². The molecule has 0 saturated carbocycles. The van der Waals surface area contributed by atoms with Crippen LogP contribution in [0.2, 0.25) is 0 Å². The number of carboxylic acid groups (broad SMARTS) is 1. The first-order chi connectivity index (χ1) is 12.5. The summed E-state index contributed by atoms with van der Waals surface area (Å²) in [6, 6.07) is 7.26. The summed E-state index contributed by atoms with van der Waals surface area (Å²) >= 11 is 0. The van der Waals surface area contributed by atoms with Gasteiger partial charge in [-0.05, 0) is 31.0 Å². The van der Waals surface area contributed by atoms with Crippen LogP contribution in [-0.4, -0.2) is 31.0 Å². The number of anilines is 2.